The van der Waals surface area contributed by atoms with Gasteiger partial charge in [0.2, 0.25) is 0 Å². The summed E-state index contributed by atoms with van der Waals surface area (Å²) in [6.45, 7) is 5.53. The largest absolute Gasteiger partial charge is 0.455 e. The minimum atomic E-state index is -0.501. The summed E-state index contributed by atoms with van der Waals surface area (Å²) in [6.07, 6.45) is 0. The summed E-state index contributed by atoms with van der Waals surface area (Å²) in [4.78, 5) is 12.0. The number of nitrogens with zero attached hydrogens (tertiary/aromatic N) is 1. The molecule has 0 radical (unpaired) electrons. The Labute approximate surface area is 112 Å². The lowest BCUT2D eigenvalue weighted by Gasteiger charge is -2.18. The van der Waals surface area contributed by atoms with Crippen LogP contribution in [0.15, 0.2) is 22.7 Å². The highest BCUT2D eigenvalue weighted by Gasteiger charge is 2.22. The molecule has 90 valence electrons. The predicted octanol–water partition coefficient (Wildman–Crippen LogP) is 4.01. The van der Waals surface area contributed by atoms with Crippen LogP contribution < -0.4 is 0 Å². The van der Waals surface area contributed by atoms with Gasteiger partial charge in [0.15, 0.2) is 5.69 Å². The van der Waals surface area contributed by atoms with E-state index in [1.165, 1.54) is 11.5 Å². The predicted molar refractivity (Wildman–Crippen MR) is 72.5 cm³/mol. The molecule has 1 heterocycles. The van der Waals surface area contributed by atoms with Crippen molar-refractivity contribution in [3.05, 3.63) is 28.4 Å². The van der Waals surface area contributed by atoms with E-state index >= 15 is 0 Å². The summed E-state index contributed by atoms with van der Waals surface area (Å²) in [5.41, 5.74) is -0.111. The van der Waals surface area contributed by atoms with E-state index in [2.05, 4.69) is 20.3 Å². The van der Waals surface area contributed by atoms with E-state index in [1.54, 1.807) is 0 Å². The topological polar surface area (TPSA) is 39.2 Å². The Morgan fingerprint density at radius 3 is 2.76 bits per heavy atom. The number of hydrogen-bond acceptors (Lipinski definition) is 4. The summed E-state index contributed by atoms with van der Waals surface area (Å²) < 4.78 is 11.4. The third-order valence-corrected chi connectivity index (χ3v) is 3.86. The van der Waals surface area contributed by atoms with Gasteiger partial charge in [-0.2, -0.15) is 4.37 Å². The lowest BCUT2D eigenvalue weighted by molar-refractivity contribution is 0.00666. The average Bonchev–Trinajstić information content (AvgIpc) is 2.60. The van der Waals surface area contributed by atoms with Crippen LogP contribution in [0.1, 0.15) is 31.3 Å². The summed E-state index contributed by atoms with van der Waals surface area (Å²) in [7, 11) is 0. The second kappa shape index (κ2) is 4.38. The van der Waals surface area contributed by atoms with Gasteiger partial charge >= 0.3 is 5.97 Å². The number of ether oxygens (including phenoxy) is 1. The Balaban J connectivity index is 2.43. The number of aromatic nitrogens is 1. The second-order valence-electron chi connectivity index (χ2n) is 4.65. The first-order chi connectivity index (χ1) is 7.88. The highest BCUT2D eigenvalue weighted by atomic mass is 79.9. The molecule has 0 aliphatic rings. The summed E-state index contributed by atoms with van der Waals surface area (Å²) in [5.74, 6) is -0.373. The monoisotopic (exact) mass is 313 g/mol. The van der Waals surface area contributed by atoms with Crippen LogP contribution in [0.25, 0.3) is 10.1 Å². The van der Waals surface area contributed by atoms with Gasteiger partial charge in [0.25, 0.3) is 0 Å². The molecule has 0 saturated carbocycles. The van der Waals surface area contributed by atoms with Crippen molar-refractivity contribution in [1.82, 2.24) is 4.37 Å². The maximum Gasteiger partial charge on any atom is 0.359 e. The molecule has 2 rings (SSSR count). The van der Waals surface area contributed by atoms with Crippen molar-refractivity contribution in [2.45, 2.75) is 26.4 Å². The van der Waals surface area contributed by atoms with Crippen LogP contribution in [0.4, 0.5) is 0 Å². The smallest absolute Gasteiger partial charge is 0.359 e. The minimum absolute atomic E-state index is 0.373. The summed E-state index contributed by atoms with van der Waals surface area (Å²) >= 11 is 4.74. The molecule has 0 fully saturated rings. The van der Waals surface area contributed by atoms with E-state index < -0.39 is 5.60 Å². The maximum absolute atomic E-state index is 12.0. The van der Waals surface area contributed by atoms with Crippen molar-refractivity contribution in [2.75, 3.05) is 0 Å². The Morgan fingerprint density at radius 1 is 1.41 bits per heavy atom. The second-order valence-corrected chi connectivity index (χ2v) is 6.28. The number of rotatable bonds is 1. The van der Waals surface area contributed by atoms with Gasteiger partial charge in [0.1, 0.15) is 5.60 Å². The number of halogens is 1. The van der Waals surface area contributed by atoms with Crippen LogP contribution >= 0.6 is 27.5 Å². The maximum atomic E-state index is 12.0. The molecule has 0 atom stereocenters. The van der Waals surface area contributed by atoms with Crippen molar-refractivity contribution in [2.24, 2.45) is 0 Å². The zero-order chi connectivity index (χ0) is 12.6. The Morgan fingerprint density at radius 2 is 2.12 bits per heavy atom. The molecule has 5 heteroatoms. The molecule has 0 amide bonds. The van der Waals surface area contributed by atoms with E-state index in [0.717, 1.165) is 14.6 Å². The molecule has 0 N–H and O–H groups in total. The molecule has 0 aliphatic carbocycles. The number of benzene rings is 1. The van der Waals surface area contributed by atoms with E-state index in [0.29, 0.717) is 5.69 Å². The van der Waals surface area contributed by atoms with E-state index in [-0.39, 0.29) is 5.97 Å². The van der Waals surface area contributed by atoms with Crippen LogP contribution in [0, 0.1) is 0 Å². The molecule has 2 aromatic rings. The first-order valence-corrected chi connectivity index (χ1v) is 6.72. The Bertz CT molecular complexity index is 571. The van der Waals surface area contributed by atoms with Gasteiger partial charge in [-0.05, 0) is 54.3 Å². The standard InChI is InChI=1S/C12H12BrNO2S/c1-12(2,3)16-11(15)9-7-5-4-6-8(13)10(7)17-14-9/h4-6H,1-3H3. The molecule has 3 nitrogen and oxygen atoms in total. The highest BCUT2D eigenvalue weighted by Crippen LogP contribution is 2.30. The van der Waals surface area contributed by atoms with Gasteiger partial charge in [-0.1, -0.05) is 12.1 Å². The molecular weight excluding hydrogens is 302 g/mol. The molecule has 0 aliphatic heterocycles. The van der Waals surface area contributed by atoms with Gasteiger partial charge in [-0.25, -0.2) is 4.79 Å². The van der Waals surface area contributed by atoms with Crippen molar-refractivity contribution < 1.29 is 9.53 Å². The van der Waals surface area contributed by atoms with Crippen molar-refractivity contribution in [1.29, 1.82) is 0 Å². The molecule has 17 heavy (non-hydrogen) atoms. The van der Waals surface area contributed by atoms with Crippen LogP contribution in [-0.2, 0) is 4.74 Å². The molecule has 0 bridgehead atoms. The first-order valence-electron chi connectivity index (χ1n) is 5.16. The fraction of sp³-hybridized carbons (Fsp3) is 0.333. The SMILES string of the molecule is CC(C)(C)OC(=O)c1nsc2c(Br)cccc12. The number of hydrogen-bond donors (Lipinski definition) is 0. The third-order valence-electron chi connectivity index (χ3n) is 2.04. The number of fused-ring (bicyclic) bond motifs is 1. The minimum Gasteiger partial charge on any atom is -0.455 e. The number of esters is 1. The van der Waals surface area contributed by atoms with Gasteiger partial charge in [-0.15, -0.1) is 0 Å². The highest BCUT2D eigenvalue weighted by molar-refractivity contribution is 9.10. The zero-order valence-electron chi connectivity index (χ0n) is 9.78. The summed E-state index contributed by atoms with van der Waals surface area (Å²) in [6, 6.07) is 5.69. The molecule has 0 saturated heterocycles. The lowest BCUT2D eigenvalue weighted by atomic mass is 10.2. The van der Waals surface area contributed by atoms with E-state index in [9.17, 15) is 4.79 Å². The molecule has 0 unspecified atom stereocenters. The molecule has 0 spiro atoms. The normalized spacial score (nSPS) is 11.8. The van der Waals surface area contributed by atoms with Crippen LogP contribution in [-0.4, -0.2) is 15.9 Å². The van der Waals surface area contributed by atoms with Gasteiger partial charge in [0, 0.05) is 9.86 Å². The van der Waals surface area contributed by atoms with Crippen molar-refractivity contribution in [3.8, 4) is 0 Å². The van der Waals surface area contributed by atoms with Crippen LogP contribution in [0.2, 0.25) is 0 Å². The fourth-order valence-corrected chi connectivity index (χ4v) is 2.76. The molecule has 1 aromatic heterocycles. The van der Waals surface area contributed by atoms with Gasteiger partial charge in [-0.3, -0.25) is 0 Å². The van der Waals surface area contributed by atoms with Crippen LogP contribution in [0.5, 0.6) is 0 Å². The fourth-order valence-electron chi connectivity index (χ4n) is 1.40. The van der Waals surface area contributed by atoms with E-state index in [4.69, 9.17) is 4.74 Å². The molecular formula is C12H12BrNO2S. The van der Waals surface area contributed by atoms with Gasteiger partial charge < -0.3 is 4.74 Å². The molecule has 1 aromatic carbocycles. The van der Waals surface area contributed by atoms with Crippen LogP contribution in [0.3, 0.4) is 0 Å². The first kappa shape index (κ1) is 12.5. The summed E-state index contributed by atoms with van der Waals surface area (Å²) in [5, 5.41) is 0.832. The average molecular weight is 314 g/mol. The van der Waals surface area contributed by atoms with Crippen molar-refractivity contribution >= 4 is 43.5 Å². The van der Waals surface area contributed by atoms with E-state index in [1.807, 2.05) is 39.0 Å². The quantitative estimate of drug-likeness (QED) is 0.747. The lowest BCUT2D eigenvalue weighted by Crippen LogP contribution is -2.24. The Kier molecular flexibility index (Phi) is 3.23. The number of carbonyl (C=O) groups excluding carboxylic acids is 1. The zero-order valence-corrected chi connectivity index (χ0v) is 12.2. The van der Waals surface area contributed by atoms with Crippen molar-refractivity contribution in [3.63, 3.8) is 0 Å². The number of carbonyl (C=O) groups is 1. The Hall–Kier alpha value is -0.940. The third kappa shape index (κ3) is 2.66. The van der Waals surface area contributed by atoms with Gasteiger partial charge in [0.05, 0.1) is 4.70 Å².